The van der Waals surface area contributed by atoms with E-state index < -0.39 is 22.5 Å². The lowest BCUT2D eigenvalue weighted by Gasteiger charge is -2.26. The average molecular weight is 455 g/mol. The highest BCUT2D eigenvalue weighted by atomic mass is 32.2. The zero-order valence-electron chi connectivity index (χ0n) is 18.2. The van der Waals surface area contributed by atoms with Crippen molar-refractivity contribution in [3.05, 3.63) is 78.4 Å². The molecule has 7 nitrogen and oxygen atoms in total. The van der Waals surface area contributed by atoms with Gasteiger partial charge in [0.05, 0.1) is 24.3 Å². The van der Waals surface area contributed by atoms with Gasteiger partial charge in [0.25, 0.3) is 10.0 Å². The monoisotopic (exact) mass is 454 g/mol. The predicted octanol–water partition coefficient (Wildman–Crippen LogP) is 4.24. The van der Waals surface area contributed by atoms with E-state index in [-0.39, 0.29) is 10.6 Å². The molecule has 3 aromatic rings. The molecule has 0 saturated carbocycles. The van der Waals surface area contributed by atoms with Gasteiger partial charge in [0.2, 0.25) is 5.91 Å². The molecule has 8 heteroatoms. The van der Waals surface area contributed by atoms with Gasteiger partial charge in [0, 0.05) is 11.8 Å². The average Bonchev–Trinajstić information content (AvgIpc) is 2.78. The number of nitrogens with zero attached hydrogens (tertiary/aromatic N) is 1. The van der Waals surface area contributed by atoms with Crippen molar-refractivity contribution in [3.63, 3.8) is 0 Å². The van der Waals surface area contributed by atoms with Crippen LogP contribution in [-0.4, -0.2) is 34.6 Å². The molecule has 0 aliphatic heterocycles. The van der Waals surface area contributed by atoms with Crippen LogP contribution in [0.1, 0.15) is 12.5 Å². The van der Waals surface area contributed by atoms with Crippen LogP contribution in [0, 0.1) is 6.92 Å². The van der Waals surface area contributed by atoms with Crippen LogP contribution in [0.3, 0.4) is 0 Å². The number of hydrogen-bond acceptors (Lipinski definition) is 5. The van der Waals surface area contributed by atoms with Crippen LogP contribution in [-0.2, 0) is 14.8 Å². The Kier molecular flexibility index (Phi) is 7.37. The fourth-order valence-electron chi connectivity index (χ4n) is 3.11. The molecule has 3 rings (SSSR count). The highest BCUT2D eigenvalue weighted by Gasteiger charge is 2.29. The van der Waals surface area contributed by atoms with E-state index in [1.54, 1.807) is 60.7 Å². The van der Waals surface area contributed by atoms with Gasteiger partial charge in [-0.25, -0.2) is 8.42 Å². The molecule has 3 aromatic carbocycles. The minimum atomic E-state index is -4.04. The van der Waals surface area contributed by atoms with Crippen molar-refractivity contribution in [2.24, 2.45) is 0 Å². The number of ether oxygens (including phenoxy) is 2. The van der Waals surface area contributed by atoms with Crippen LogP contribution in [0.15, 0.2) is 77.7 Å². The van der Waals surface area contributed by atoms with E-state index >= 15 is 0 Å². The number of rotatable bonds is 9. The molecule has 1 amide bonds. The van der Waals surface area contributed by atoms with Crippen molar-refractivity contribution in [2.75, 3.05) is 29.9 Å². The zero-order chi connectivity index (χ0) is 23.1. The van der Waals surface area contributed by atoms with Gasteiger partial charge in [0.1, 0.15) is 18.0 Å². The van der Waals surface area contributed by atoms with Crippen LogP contribution >= 0.6 is 0 Å². The number of carbonyl (C=O) groups excluding carboxylic acids is 1. The lowest BCUT2D eigenvalue weighted by Crippen LogP contribution is -2.38. The third-order valence-corrected chi connectivity index (χ3v) is 6.46. The van der Waals surface area contributed by atoms with Gasteiger partial charge in [-0.05, 0) is 50.2 Å². The van der Waals surface area contributed by atoms with E-state index in [1.165, 1.54) is 19.2 Å². The van der Waals surface area contributed by atoms with Gasteiger partial charge in [-0.2, -0.15) is 0 Å². The van der Waals surface area contributed by atoms with E-state index in [0.717, 1.165) is 9.87 Å². The fraction of sp³-hybridized carbons (Fsp3) is 0.208. The van der Waals surface area contributed by atoms with E-state index in [0.29, 0.717) is 23.8 Å². The third-order valence-electron chi connectivity index (χ3n) is 4.68. The summed E-state index contributed by atoms with van der Waals surface area (Å²) >= 11 is 0. The first-order valence-electron chi connectivity index (χ1n) is 10.1. The standard InChI is InChI=1S/C24H26N2O5S/c1-4-31-23-11-6-5-10-22(23)26(32(28,29)21-14-12-18(2)13-15-21)17-24(27)25-19-8-7-9-20(16-19)30-3/h5-16H,4,17H2,1-3H3,(H,25,27). The summed E-state index contributed by atoms with van der Waals surface area (Å²) < 4.78 is 39.0. The molecule has 0 atom stereocenters. The normalized spacial score (nSPS) is 11.0. The van der Waals surface area contributed by atoms with Crippen LogP contribution in [0.25, 0.3) is 0 Å². The molecular weight excluding hydrogens is 428 g/mol. The highest BCUT2D eigenvalue weighted by molar-refractivity contribution is 7.92. The lowest BCUT2D eigenvalue weighted by atomic mass is 10.2. The second-order valence-corrected chi connectivity index (χ2v) is 8.87. The Morgan fingerprint density at radius 3 is 2.41 bits per heavy atom. The van der Waals surface area contributed by atoms with Gasteiger partial charge < -0.3 is 14.8 Å². The van der Waals surface area contributed by atoms with Gasteiger partial charge in [-0.15, -0.1) is 0 Å². The summed E-state index contributed by atoms with van der Waals surface area (Å²) in [7, 11) is -2.51. The fourth-order valence-corrected chi connectivity index (χ4v) is 4.54. The second-order valence-electron chi connectivity index (χ2n) is 7.01. The first-order chi connectivity index (χ1) is 15.3. The molecule has 168 valence electrons. The Labute approximate surface area is 188 Å². The first kappa shape index (κ1) is 23.1. The van der Waals surface area contributed by atoms with Crippen molar-refractivity contribution in [1.29, 1.82) is 0 Å². The van der Waals surface area contributed by atoms with Gasteiger partial charge in [-0.3, -0.25) is 9.10 Å². The van der Waals surface area contributed by atoms with Crippen molar-refractivity contribution < 1.29 is 22.7 Å². The van der Waals surface area contributed by atoms with Crippen LogP contribution < -0.4 is 19.1 Å². The number of benzene rings is 3. The number of sulfonamides is 1. The molecular formula is C24H26N2O5S. The maximum Gasteiger partial charge on any atom is 0.264 e. The zero-order valence-corrected chi connectivity index (χ0v) is 19.1. The summed E-state index contributed by atoms with van der Waals surface area (Å²) in [5, 5.41) is 2.74. The van der Waals surface area contributed by atoms with E-state index in [1.807, 2.05) is 13.8 Å². The van der Waals surface area contributed by atoms with Gasteiger partial charge >= 0.3 is 0 Å². The van der Waals surface area contributed by atoms with Crippen molar-refractivity contribution in [1.82, 2.24) is 0 Å². The smallest absolute Gasteiger partial charge is 0.264 e. The summed E-state index contributed by atoms with van der Waals surface area (Å²) in [5.74, 6) is 0.453. The van der Waals surface area contributed by atoms with Crippen LogP contribution in [0.2, 0.25) is 0 Å². The van der Waals surface area contributed by atoms with Gasteiger partial charge in [-0.1, -0.05) is 35.9 Å². The molecule has 0 fully saturated rings. The molecule has 0 unspecified atom stereocenters. The number of nitrogens with one attached hydrogen (secondary N) is 1. The summed E-state index contributed by atoms with van der Waals surface area (Å²) in [4.78, 5) is 13.0. The minimum Gasteiger partial charge on any atom is -0.497 e. The van der Waals surface area contributed by atoms with E-state index in [2.05, 4.69) is 5.32 Å². The summed E-state index contributed by atoms with van der Waals surface area (Å²) in [6.45, 7) is 3.61. The maximum atomic E-state index is 13.6. The molecule has 0 saturated heterocycles. The molecule has 0 aromatic heterocycles. The molecule has 1 N–H and O–H groups in total. The van der Waals surface area contributed by atoms with Gasteiger partial charge in [0.15, 0.2) is 0 Å². The summed E-state index contributed by atoms with van der Waals surface area (Å²) in [6.07, 6.45) is 0. The predicted molar refractivity (Wildman–Crippen MR) is 125 cm³/mol. The first-order valence-corrected chi connectivity index (χ1v) is 11.5. The number of amides is 1. The molecule has 0 radical (unpaired) electrons. The molecule has 0 bridgehead atoms. The minimum absolute atomic E-state index is 0.0866. The number of carbonyl (C=O) groups is 1. The number of anilines is 2. The van der Waals surface area contributed by atoms with Crippen molar-refractivity contribution in [2.45, 2.75) is 18.7 Å². The number of hydrogen-bond donors (Lipinski definition) is 1. The second kappa shape index (κ2) is 10.2. The molecule has 0 heterocycles. The summed E-state index contributed by atoms with van der Waals surface area (Å²) in [6, 6.07) is 20.1. The van der Waals surface area contributed by atoms with E-state index in [4.69, 9.17) is 9.47 Å². The molecule has 0 aliphatic carbocycles. The molecule has 32 heavy (non-hydrogen) atoms. The third kappa shape index (κ3) is 5.39. The highest BCUT2D eigenvalue weighted by Crippen LogP contribution is 2.32. The van der Waals surface area contributed by atoms with Crippen LogP contribution in [0.4, 0.5) is 11.4 Å². The lowest BCUT2D eigenvalue weighted by molar-refractivity contribution is -0.114. The Bertz CT molecular complexity index is 1180. The van der Waals surface area contributed by atoms with Crippen molar-refractivity contribution in [3.8, 4) is 11.5 Å². The quantitative estimate of drug-likeness (QED) is 0.523. The Morgan fingerprint density at radius 1 is 1.00 bits per heavy atom. The van der Waals surface area contributed by atoms with Crippen LogP contribution in [0.5, 0.6) is 11.5 Å². The SMILES string of the molecule is CCOc1ccccc1N(CC(=O)Nc1cccc(OC)c1)S(=O)(=O)c1ccc(C)cc1. The largest absolute Gasteiger partial charge is 0.497 e. The molecule has 0 aliphatic rings. The summed E-state index contributed by atoms with van der Waals surface area (Å²) in [5.41, 5.74) is 1.72. The number of aryl methyl sites for hydroxylation is 1. The van der Waals surface area contributed by atoms with E-state index in [9.17, 15) is 13.2 Å². The van der Waals surface area contributed by atoms with Crippen molar-refractivity contribution >= 4 is 27.3 Å². The molecule has 0 spiro atoms. The number of methoxy groups -OCH3 is 1. The number of para-hydroxylation sites is 2. The Balaban J connectivity index is 1.99. The Morgan fingerprint density at radius 2 is 1.72 bits per heavy atom. The maximum absolute atomic E-state index is 13.6. The Hall–Kier alpha value is -3.52. The topological polar surface area (TPSA) is 84.9 Å².